The third-order valence-corrected chi connectivity index (χ3v) is 3.49. The predicted molar refractivity (Wildman–Crippen MR) is 60.1 cm³/mol. The zero-order chi connectivity index (χ0) is 11.8. The average molecular weight is 233 g/mol. The Morgan fingerprint density at radius 2 is 2.41 bits per heavy atom. The lowest BCUT2D eigenvalue weighted by molar-refractivity contribution is -0.145. The summed E-state index contributed by atoms with van der Waals surface area (Å²) in [5.41, 5.74) is 2.24. The van der Waals surface area contributed by atoms with Gasteiger partial charge in [0.25, 0.3) is 0 Å². The van der Waals surface area contributed by atoms with E-state index in [1.54, 1.807) is 6.33 Å². The van der Waals surface area contributed by atoms with Crippen molar-refractivity contribution in [3.8, 4) is 0 Å². The number of cyclic esters (lactones) is 1. The van der Waals surface area contributed by atoms with Crippen LogP contribution in [-0.4, -0.2) is 39.5 Å². The lowest BCUT2D eigenvalue weighted by atomic mass is 10.0. The smallest absolute Gasteiger partial charge is 0.323 e. The van der Waals surface area contributed by atoms with Crippen molar-refractivity contribution < 1.29 is 9.53 Å². The molecule has 0 amide bonds. The molecule has 2 aliphatic rings. The van der Waals surface area contributed by atoms with E-state index in [1.807, 2.05) is 13.1 Å². The molecule has 2 aliphatic heterocycles. The number of carbonyl (C=O) groups excluding carboxylic acids is 1. The molecule has 2 unspecified atom stereocenters. The highest BCUT2D eigenvalue weighted by Gasteiger charge is 2.37. The molecule has 2 atom stereocenters. The number of fused-ring (bicyclic) bond motifs is 1. The standard InChI is InChI=1S/C12H15N3O2/c1-8-4-11(12(16)17-8)15-3-2-9-5-13-7-14-10(9)6-15/h5,7-8,11H,2-4,6H2,1H3. The molecule has 0 aliphatic carbocycles. The molecule has 5 nitrogen and oxygen atoms in total. The number of esters is 1. The third kappa shape index (κ3) is 1.91. The predicted octanol–water partition coefficient (Wildman–Crippen LogP) is 0.539. The van der Waals surface area contributed by atoms with Crippen molar-refractivity contribution in [1.82, 2.24) is 14.9 Å². The first-order chi connectivity index (χ1) is 8.24. The summed E-state index contributed by atoms with van der Waals surface area (Å²) in [4.78, 5) is 22.2. The average Bonchev–Trinajstić information content (AvgIpc) is 2.68. The van der Waals surface area contributed by atoms with E-state index in [1.165, 1.54) is 5.56 Å². The van der Waals surface area contributed by atoms with Gasteiger partial charge in [0.2, 0.25) is 0 Å². The van der Waals surface area contributed by atoms with Crippen molar-refractivity contribution in [2.24, 2.45) is 0 Å². The van der Waals surface area contributed by atoms with Crippen LogP contribution in [0, 0.1) is 0 Å². The van der Waals surface area contributed by atoms with Crippen molar-refractivity contribution in [2.45, 2.75) is 38.5 Å². The first kappa shape index (κ1) is 10.7. The molecule has 1 aromatic heterocycles. The van der Waals surface area contributed by atoms with Crippen LogP contribution in [0.25, 0.3) is 0 Å². The number of aromatic nitrogens is 2. The van der Waals surface area contributed by atoms with Crippen molar-refractivity contribution in [3.63, 3.8) is 0 Å². The minimum absolute atomic E-state index is 0.0410. The molecule has 0 N–H and O–H groups in total. The molecule has 17 heavy (non-hydrogen) atoms. The van der Waals surface area contributed by atoms with Gasteiger partial charge in [0, 0.05) is 25.7 Å². The number of rotatable bonds is 1. The van der Waals surface area contributed by atoms with E-state index >= 15 is 0 Å². The second-order valence-corrected chi connectivity index (χ2v) is 4.71. The molecule has 0 spiro atoms. The molecule has 1 aromatic rings. The van der Waals surface area contributed by atoms with Crippen LogP contribution in [0.4, 0.5) is 0 Å². The largest absolute Gasteiger partial charge is 0.461 e. The van der Waals surface area contributed by atoms with Gasteiger partial charge in [-0.1, -0.05) is 0 Å². The van der Waals surface area contributed by atoms with Gasteiger partial charge in [-0.3, -0.25) is 9.69 Å². The molecule has 1 saturated heterocycles. The van der Waals surface area contributed by atoms with E-state index in [0.717, 1.165) is 31.6 Å². The fourth-order valence-electron chi connectivity index (χ4n) is 2.57. The van der Waals surface area contributed by atoms with Gasteiger partial charge in [-0.15, -0.1) is 0 Å². The lowest BCUT2D eigenvalue weighted by Gasteiger charge is -2.30. The molecule has 0 aromatic carbocycles. The van der Waals surface area contributed by atoms with Crippen LogP contribution in [0.2, 0.25) is 0 Å². The molecular formula is C12H15N3O2. The first-order valence-electron chi connectivity index (χ1n) is 5.96. The highest BCUT2D eigenvalue weighted by Crippen LogP contribution is 2.25. The van der Waals surface area contributed by atoms with E-state index in [2.05, 4.69) is 14.9 Å². The zero-order valence-corrected chi connectivity index (χ0v) is 9.80. The minimum atomic E-state index is -0.0897. The Hall–Kier alpha value is -1.49. The lowest BCUT2D eigenvalue weighted by Crippen LogP contribution is -2.42. The Morgan fingerprint density at radius 1 is 1.53 bits per heavy atom. The zero-order valence-electron chi connectivity index (χ0n) is 9.80. The Bertz CT molecular complexity index is 449. The summed E-state index contributed by atoms with van der Waals surface area (Å²) in [6, 6.07) is -0.0897. The summed E-state index contributed by atoms with van der Waals surface area (Å²) in [7, 11) is 0. The van der Waals surface area contributed by atoms with Crippen LogP contribution in [0.3, 0.4) is 0 Å². The number of hydrogen-bond acceptors (Lipinski definition) is 5. The van der Waals surface area contributed by atoms with Gasteiger partial charge < -0.3 is 4.74 Å². The number of ether oxygens (including phenoxy) is 1. The normalized spacial score (nSPS) is 28.9. The molecule has 5 heteroatoms. The summed E-state index contributed by atoms with van der Waals surface area (Å²) in [5, 5.41) is 0. The second kappa shape index (κ2) is 4.07. The minimum Gasteiger partial charge on any atom is -0.461 e. The monoisotopic (exact) mass is 233 g/mol. The highest BCUT2D eigenvalue weighted by molar-refractivity contribution is 5.78. The van der Waals surface area contributed by atoms with Crippen LogP contribution in [-0.2, 0) is 22.5 Å². The fourth-order valence-corrected chi connectivity index (χ4v) is 2.57. The van der Waals surface area contributed by atoms with Crippen LogP contribution in [0.1, 0.15) is 24.6 Å². The molecule has 1 fully saturated rings. The molecular weight excluding hydrogens is 218 g/mol. The van der Waals surface area contributed by atoms with Crippen molar-refractivity contribution in [2.75, 3.05) is 6.54 Å². The van der Waals surface area contributed by atoms with E-state index in [0.29, 0.717) is 0 Å². The maximum atomic E-state index is 11.7. The van der Waals surface area contributed by atoms with Gasteiger partial charge in [-0.05, 0) is 18.9 Å². The van der Waals surface area contributed by atoms with Crippen LogP contribution >= 0.6 is 0 Å². The Morgan fingerprint density at radius 3 is 3.18 bits per heavy atom. The first-order valence-corrected chi connectivity index (χ1v) is 5.96. The van der Waals surface area contributed by atoms with Crippen LogP contribution < -0.4 is 0 Å². The van der Waals surface area contributed by atoms with Crippen molar-refractivity contribution >= 4 is 5.97 Å². The topological polar surface area (TPSA) is 55.3 Å². The van der Waals surface area contributed by atoms with Gasteiger partial charge in [0.1, 0.15) is 18.5 Å². The summed E-state index contributed by atoms with van der Waals surface area (Å²) < 4.78 is 5.20. The third-order valence-electron chi connectivity index (χ3n) is 3.49. The van der Waals surface area contributed by atoms with Crippen LogP contribution in [0.5, 0.6) is 0 Å². The van der Waals surface area contributed by atoms with Gasteiger partial charge in [-0.25, -0.2) is 9.97 Å². The van der Waals surface area contributed by atoms with E-state index in [-0.39, 0.29) is 18.1 Å². The molecule has 0 radical (unpaired) electrons. The Balaban J connectivity index is 1.78. The van der Waals surface area contributed by atoms with E-state index in [9.17, 15) is 4.79 Å². The molecule has 90 valence electrons. The SMILES string of the molecule is CC1CC(N2CCc3cncnc3C2)C(=O)O1. The quantitative estimate of drug-likeness (QED) is 0.663. The molecule has 0 bridgehead atoms. The van der Waals surface area contributed by atoms with Gasteiger partial charge in [0.15, 0.2) is 0 Å². The summed E-state index contributed by atoms with van der Waals surface area (Å²) in [5.74, 6) is -0.0880. The number of hydrogen-bond donors (Lipinski definition) is 0. The summed E-state index contributed by atoms with van der Waals surface area (Å²) >= 11 is 0. The number of nitrogens with zero attached hydrogens (tertiary/aromatic N) is 3. The maximum Gasteiger partial charge on any atom is 0.323 e. The summed E-state index contributed by atoms with van der Waals surface area (Å²) in [6.07, 6.45) is 5.18. The molecule has 3 rings (SSSR count). The van der Waals surface area contributed by atoms with E-state index < -0.39 is 0 Å². The van der Waals surface area contributed by atoms with Crippen molar-refractivity contribution in [3.05, 3.63) is 23.8 Å². The van der Waals surface area contributed by atoms with Gasteiger partial charge in [-0.2, -0.15) is 0 Å². The Labute approximate surface area is 99.8 Å². The van der Waals surface area contributed by atoms with E-state index in [4.69, 9.17) is 4.74 Å². The fraction of sp³-hybridized carbons (Fsp3) is 0.583. The van der Waals surface area contributed by atoms with Crippen LogP contribution in [0.15, 0.2) is 12.5 Å². The number of carbonyl (C=O) groups is 1. The highest BCUT2D eigenvalue weighted by atomic mass is 16.6. The molecule has 0 saturated carbocycles. The van der Waals surface area contributed by atoms with Gasteiger partial charge in [0.05, 0.1) is 5.69 Å². The second-order valence-electron chi connectivity index (χ2n) is 4.71. The maximum absolute atomic E-state index is 11.7. The molecule has 3 heterocycles. The summed E-state index contributed by atoms with van der Waals surface area (Å²) in [6.45, 7) is 3.55. The van der Waals surface area contributed by atoms with Gasteiger partial charge >= 0.3 is 5.97 Å². The van der Waals surface area contributed by atoms with Crippen molar-refractivity contribution in [1.29, 1.82) is 0 Å². The Kier molecular flexibility index (Phi) is 2.55.